The molecule has 26 heavy (non-hydrogen) atoms. The van der Waals surface area contributed by atoms with Gasteiger partial charge in [0.25, 0.3) is 5.91 Å². The molecule has 0 fully saturated rings. The van der Waals surface area contributed by atoms with Gasteiger partial charge in [-0.1, -0.05) is 12.1 Å². The number of hydrogen-bond acceptors (Lipinski definition) is 5. The Balaban J connectivity index is 1.60. The van der Waals surface area contributed by atoms with Crippen molar-refractivity contribution in [2.75, 3.05) is 0 Å². The lowest BCUT2D eigenvalue weighted by molar-refractivity contribution is 0.0921. The third-order valence-electron chi connectivity index (χ3n) is 4.69. The predicted octanol–water partition coefficient (Wildman–Crippen LogP) is 2.78. The van der Waals surface area contributed by atoms with Crippen LogP contribution in [0.4, 0.5) is 0 Å². The number of nitrogens with one attached hydrogen (secondary N) is 1. The van der Waals surface area contributed by atoms with E-state index in [4.69, 9.17) is 0 Å². The Bertz CT molecular complexity index is 972. The molecule has 7 heteroatoms. The van der Waals surface area contributed by atoms with E-state index in [1.54, 1.807) is 0 Å². The number of amides is 1. The summed E-state index contributed by atoms with van der Waals surface area (Å²) in [6, 6.07) is 7.32. The first kappa shape index (κ1) is 16.6. The van der Waals surface area contributed by atoms with Crippen LogP contribution in [-0.2, 0) is 12.0 Å². The highest BCUT2D eigenvalue weighted by molar-refractivity contribution is 5.92. The second-order valence-corrected chi connectivity index (χ2v) is 7.67. The Morgan fingerprint density at radius 2 is 1.96 bits per heavy atom. The largest absolute Gasteiger partial charge is 0.342 e. The number of benzene rings is 1. The van der Waals surface area contributed by atoms with E-state index < -0.39 is 0 Å². The second kappa shape index (κ2) is 6.16. The van der Waals surface area contributed by atoms with E-state index in [1.165, 1.54) is 5.69 Å². The monoisotopic (exact) mass is 350 g/mol. The Kier molecular flexibility index (Phi) is 3.94. The van der Waals surface area contributed by atoms with Crippen molar-refractivity contribution in [2.45, 2.75) is 51.6 Å². The van der Waals surface area contributed by atoms with Gasteiger partial charge >= 0.3 is 0 Å². The molecule has 0 saturated carbocycles. The third kappa shape index (κ3) is 2.94. The van der Waals surface area contributed by atoms with Crippen LogP contribution in [0.25, 0.3) is 11.0 Å². The Morgan fingerprint density at radius 3 is 2.73 bits per heavy atom. The normalized spacial score (nSPS) is 17.1. The van der Waals surface area contributed by atoms with Gasteiger partial charge in [-0.3, -0.25) is 9.48 Å². The van der Waals surface area contributed by atoms with Gasteiger partial charge in [-0.25, -0.2) is 4.98 Å². The molecule has 0 bridgehead atoms. The van der Waals surface area contributed by atoms with Crippen molar-refractivity contribution in [1.29, 1.82) is 0 Å². The molecule has 0 saturated heterocycles. The van der Waals surface area contributed by atoms with Gasteiger partial charge in [-0.05, 0) is 52.2 Å². The Morgan fingerprint density at radius 1 is 1.19 bits per heavy atom. The summed E-state index contributed by atoms with van der Waals surface area (Å²) in [5, 5.41) is 15.7. The molecule has 1 aliphatic carbocycles. The lowest BCUT2D eigenvalue weighted by Crippen LogP contribution is -2.33. The van der Waals surface area contributed by atoms with Crippen LogP contribution in [0.2, 0.25) is 0 Å². The van der Waals surface area contributed by atoms with Crippen LogP contribution in [0.3, 0.4) is 0 Å². The summed E-state index contributed by atoms with van der Waals surface area (Å²) in [4.78, 5) is 17.0. The molecule has 7 nitrogen and oxygen atoms in total. The molecule has 2 heterocycles. The first-order valence-corrected chi connectivity index (χ1v) is 8.91. The standard InChI is InChI=1S/C19H22N6O/c1-19(2,3)25-16-10-6-9-13(12(16)11-20-25)22-18(26)17-21-14-7-4-5-8-15(14)23-24-17/h4-5,7-8,11,13H,6,9-10H2,1-3H3,(H,22,26). The van der Waals surface area contributed by atoms with Crippen LogP contribution in [0, 0.1) is 0 Å². The number of carbonyl (C=O) groups excluding carboxylic acids is 1. The van der Waals surface area contributed by atoms with E-state index in [2.05, 4.69) is 51.0 Å². The average Bonchev–Trinajstić information content (AvgIpc) is 3.07. The first-order chi connectivity index (χ1) is 12.4. The Hall–Kier alpha value is -2.83. The van der Waals surface area contributed by atoms with E-state index >= 15 is 0 Å². The highest BCUT2D eigenvalue weighted by Gasteiger charge is 2.29. The summed E-state index contributed by atoms with van der Waals surface area (Å²) in [5.74, 6) is -0.205. The quantitative estimate of drug-likeness (QED) is 0.768. The van der Waals surface area contributed by atoms with E-state index in [9.17, 15) is 4.79 Å². The maximum Gasteiger partial charge on any atom is 0.291 e. The highest BCUT2D eigenvalue weighted by Crippen LogP contribution is 2.32. The molecular weight excluding hydrogens is 328 g/mol. The minimum atomic E-state index is -0.301. The van der Waals surface area contributed by atoms with Crippen LogP contribution in [0.5, 0.6) is 0 Å². The zero-order valence-corrected chi connectivity index (χ0v) is 15.2. The molecule has 3 aromatic rings. The van der Waals surface area contributed by atoms with E-state index in [-0.39, 0.29) is 23.3 Å². The summed E-state index contributed by atoms with van der Waals surface area (Å²) in [7, 11) is 0. The topological polar surface area (TPSA) is 85.6 Å². The maximum atomic E-state index is 12.7. The van der Waals surface area contributed by atoms with Gasteiger partial charge in [0.1, 0.15) is 5.52 Å². The molecule has 0 aliphatic heterocycles. The van der Waals surface area contributed by atoms with Crippen LogP contribution < -0.4 is 5.32 Å². The molecular formula is C19H22N6O. The molecule has 0 spiro atoms. The zero-order valence-electron chi connectivity index (χ0n) is 15.2. The van der Waals surface area contributed by atoms with Gasteiger partial charge in [0.05, 0.1) is 23.3 Å². The predicted molar refractivity (Wildman–Crippen MR) is 97.7 cm³/mol. The van der Waals surface area contributed by atoms with E-state index in [0.717, 1.165) is 24.8 Å². The van der Waals surface area contributed by atoms with Gasteiger partial charge in [-0.15, -0.1) is 10.2 Å². The van der Waals surface area contributed by atoms with Gasteiger partial charge in [0.2, 0.25) is 5.82 Å². The van der Waals surface area contributed by atoms with Crippen molar-refractivity contribution in [3.63, 3.8) is 0 Å². The highest BCUT2D eigenvalue weighted by atomic mass is 16.2. The number of rotatable bonds is 2. The number of hydrogen-bond donors (Lipinski definition) is 1. The summed E-state index contributed by atoms with van der Waals surface area (Å²) in [6.45, 7) is 6.41. The van der Waals surface area contributed by atoms with Crippen molar-refractivity contribution >= 4 is 16.9 Å². The van der Waals surface area contributed by atoms with Crippen LogP contribution in [0.1, 0.15) is 61.5 Å². The average molecular weight is 350 g/mol. The number of carbonyl (C=O) groups is 1. The number of nitrogens with zero attached hydrogens (tertiary/aromatic N) is 5. The van der Waals surface area contributed by atoms with E-state index in [1.807, 2.05) is 30.5 Å². The molecule has 2 aromatic heterocycles. The van der Waals surface area contributed by atoms with Gasteiger partial charge in [0.15, 0.2) is 0 Å². The first-order valence-electron chi connectivity index (χ1n) is 8.91. The second-order valence-electron chi connectivity index (χ2n) is 7.67. The number of fused-ring (bicyclic) bond motifs is 2. The van der Waals surface area contributed by atoms with Crippen molar-refractivity contribution in [3.8, 4) is 0 Å². The van der Waals surface area contributed by atoms with Gasteiger partial charge in [-0.2, -0.15) is 5.10 Å². The molecule has 0 radical (unpaired) electrons. The molecule has 1 aromatic carbocycles. The molecule has 1 atom stereocenters. The molecule has 4 rings (SSSR count). The molecule has 1 aliphatic rings. The van der Waals surface area contributed by atoms with Gasteiger partial charge in [0, 0.05) is 11.3 Å². The SMILES string of the molecule is CC(C)(C)n1ncc2c1CCCC2NC(=O)c1nnc2ccccc2n1. The zero-order chi connectivity index (χ0) is 18.3. The summed E-state index contributed by atoms with van der Waals surface area (Å²) >= 11 is 0. The number of aromatic nitrogens is 5. The van der Waals surface area contributed by atoms with Crippen LogP contribution >= 0.6 is 0 Å². The molecule has 1 unspecified atom stereocenters. The lowest BCUT2D eigenvalue weighted by atomic mass is 9.92. The van der Waals surface area contributed by atoms with Crippen molar-refractivity contribution in [1.82, 2.24) is 30.3 Å². The summed E-state index contributed by atoms with van der Waals surface area (Å²) in [6.07, 6.45) is 4.75. The van der Waals surface area contributed by atoms with E-state index in [0.29, 0.717) is 11.0 Å². The fourth-order valence-electron chi connectivity index (χ4n) is 3.48. The van der Waals surface area contributed by atoms with Crippen molar-refractivity contribution in [3.05, 3.63) is 47.5 Å². The minimum Gasteiger partial charge on any atom is -0.342 e. The fourth-order valence-corrected chi connectivity index (χ4v) is 3.48. The Labute approximate surface area is 151 Å². The minimum absolute atomic E-state index is 0.0718. The van der Waals surface area contributed by atoms with Crippen molar-refractivity contribution < 1.29 is 4.79 Å². The maximum absolute atomic E-state index is 12.7. The van der Waals surface area contributed by atoms with Crippen molar-refractivity contribution in [2.24, 2.45) is 0 Å². The third-order valence-corrected chi connectivity index (χ3v) is 4.69. The summed E-state index contributed by atoms with van der Waals surface area (Å²) in [5.41, 5.74) is 3.55. The molecule has 1 amide bonds. The number of para-hydroxylation sites is 1. The molecule has 1 N–H and O–H groups in total. The van der Waals surface area contributed by atoms with Crippen LogP contribution in [0.15, 0.2) is 30.5 Å². The van der Waals surface area contributed by atoms with Crippen LogP contribution in [-0.4, -0.2) is 30.9 Å². The lowest BCUT2D eigenvalue weighted by Gasteiger charge is -2.28. The smallest absolute Gasteiger partial charge is 0.291 e. The van der Waals surface area contributed by atoms with Gasteiger partial charge < -0.3 is 5.32 Å². The summed E-state index contributed by atoms with van der Waals surface area (Å²) < 4.78 is 2.06. The molecule has 134 valence electrons. The fraction of sp³-hybridized carbons (Fsp3) is 0.421.